The highest BCUT2D eigenvalue weighted by atomic mass is 16.5. The largest absolute Gasteiger partial charge is 0.493 e. The molecule has 0 bridgehead atoms. The van der Waals surface area contributed by atoms with Gasteiger partial charge < -0.3 is 33.6 Å². The van der Waals surface area contributed by atoms with Gasteiger partial charge in [-0.05, 0) is 35.4 Å². The molecule has 0 amide bonds. The van der Waals surface area contributed by atoms with Crippen molar-refractivity contribution in [1.29, 1.82) is 0 Å². The molecule has 1 aliphatic rings. The zero-order chi connectivity index (χ0) is 24.1. The molecule has 0 fully saturated rings. The third-order valence-electron chi connectivity index (χ3n) is 5.34. The zero-order valence-corrected chi connectivity index (χ0v) is 19.4. The minimum Gasteiger partial charge on any atom is -0.493 e. The number of allylic oxidation sites excluding steroid dienone is 1. The van der Waals surface area contributed by atoms with Crippen LogP contribution in [-0.4, -0.2) is 58.5 Å². The molecule has 1 unspecified atom stereocenters. The molecule has 0 aromatic heterocycles. The predicted octanol–water partition coefficient (Wildman–Crippen LogP) is 3.81. The van der Waals surface area contributed by atoms with E-state index in [1.165, 1.54) is 35.4 Å². The lowest BCUT2D eigenvalue weighted by Crippen LogP contribution is -2.16. The first-order chi connectivity index (χ1) is 15.9. The fourth-order valence-corrected chi connectivity index (χ4v) is 3.97. The minimum atomic E-state index is -0.680. The second-order valence-corrected chi connectivity index (χ2v) is 7.12. The highest BCUT2D eigenvalue weighted by Gasteiger charge is 2.36. The summed E-state index contributed by atoms with van der Waals surface area (Å²) < 4.78 is 32.8. The van der Waals surface area contributed by atoms with Crippen molar-refractivity contribution in [3.63, 3.8) is 0 Å². The molecule has 3 rings (SSSR count). The van der Waals surface area contributed by atoms with E-state index in [0.717, 1.165) is 0 Å². The zero-order valence-electron chi connectivity index (χ0n) is 19.4. The fourth-order valence-electron chi connectivity index (χ4n) is 3.97. The number of nitrogens with zero attached hydrogens (tertiary/aromatic N) is 1. The second-order valence-electron chi connectivity index (χ2n) is 7.12. The van der Waals surface area contributed by atoms with Crippen LogP contribution in [0.2, 0.25) is 0 Å². The number of rotatable bonds is 8. The summed E-state index contributed by atoms with van der Waals surface area (Å²) in [6.07, 6.45) is -0.494. The Kier molecular flexibility index (Phi) is 7.32. The van der Waals surface area contributed by atoms with E-state index in [1.807, 2.05) is 6.07 Å². The average molecular weight is 457 g/mol. The summed E-state index contributed by atoms with van der Waals surface area (Å²) in [5, 5.41) is 13.3. The molecule has 1 N–H and O–H groups in total. The summed E-state index contributed by atoms with van der Waals surface area (Å²) in [6, 6.07) is 8.86. The van der Waals surface area contributed by atoms with Crippen molar-refractivity contribution < 1.29 is 38.4 Å². The van der Waals surface area contributed by atoms with E-state index in [2.05, 4.69) is 5.16 Å². The fraction of sp³-hybridized carbons (Fsp3) is 0.333. The number of carbonyl (C=O) groups is 1. The van der Waals surface area contributed by atoms with Gasteiger partial charge in [-0.15, -0.1) is 0 Å². The van der Waals surface area contributed by atoms with Crippen LogP contribution in [0.5, 0.6) is 28.7 Å². The normalized spacial score (nSPS) is 16.5. The summed E-state index contributed by atoms with van der Waals surface area (Å²) in [4.78, 5) is 11.9. The third kappa shape index (κ3) is 4.52. The van der Waals surface area contributed by atoms with Crippen LogP contribution in [0, 0.1) is 0 Å². The summed E-state index contributed by atoms with van der Waals surface area (Å²) in [5.41, 5.74) is 2.92. The molecule has 1 atom stereocenters. The van der Waals surface area contributed by atoms with Crippen molar-refractivity contribution >= 4 is 22.8 Å². The van der Waals surface area contributed by atoms with E-state index in [0.29, 0.717) is 56.7 Å². The quantitative estimate of drug-likeness (QED) is 0.363. The van der Waals surface area contributed by atoms with Crippen LogP contribution in [0.25, 0.3) is 11.1 Å². The van der Waals surface area contributed by atoms with Crippen LogP contribution in [0.1, 0.15) is 24.5 Å². The Bertz CT molecular complexity index is 1080. The van der Waals surface area contributed by atoms with Gasteiger partial charge in [-0.2, -0.15) is 0 Å². The van der Waals surface area contributed by atoms with Crippen molar-refractivity contribution in [2.24, 2.45) is 5.16 Å². The van der Waals surface area contributed by atoms with Gasteiger partial charge in [-0.1, -0.05) is 11.2 Å². The maximum absolute atomic E-state index is 11.9. The van der Waals surface area contributed by atoms with Crippen LogP contribution < -0.4 is 23.7 Å². The van der Waals surface area contributed by atoms with Crippen molar-refractivity contribution in [2.45, 2.75) is 19.4 Å². The number of carbonyl (C=O) groups excluding carboxylic acids is 1. The summed E-state index contributed by atoms with van der Waals surface area (Å²) >= 11 is 0. The van der Waals surface area contributed by atoms with Gasteiger partial charge in [0.25, 0.3) is 0 Å². The second kappa shape index (κ2) is 10.2. The first-order valence-corrected chi connectivity index (χ1v) is 10.1. The molecule has 0 heterocycles. The number of esters is 1. The Morgan fingerprint density at radius 1 is 0.848 bits per heavy atom. The van der Waals surface area contributed by atoms with Crippen molar-refractivity contribution in [3.8, 4) is 28.7 Å². The Labute approximate surface area is 192 Å². The van der Waals surface area contributed by atoms with E-state index in [-0.39, 0.29) is 6.42 Å². The topological polar surface area (TPSA) is 105 Å². The molecular formula is C24H27NO8. The molecular weight excluding hydrogens is 430 g/mol. The van der Waals surface area contributed by atoms with Crippen LogP contribution in [-0.2, 0) is 9.53 Å². The van der Waals surface area contributed by atoms with Crippen molar-refractivity contribution in [1.82, 2.24) is 0 Å². The molecule has 0 spiro atoms. The van der Waals surface area contributed by atoms with E-state index in [4.69, 9.17) is 28.4 Å². The van der Waals surface area contributed by atoms with Crippen LogP contribution in [0.15, 0.2) is 35.5 Å². The molecule has 0 saturated carbocycles. The Balaban J connectivity index is 2.34. The van der Waals surface area contributed by atoms with Crippen LogP contribution in [0.4, 0.5) is 0 Å². The minimum absolute atomic E-state index is 0.186. The van der Waals surface area contributed by atoms with E-state index in [9.17, 15) is 10.0 Å². The molecule has 0 aliphatic heterocycles. The monoisotopic (exact) mass is 457 g/mol. The van der Waals surface area contributed by atoms with Gasteiger partial charge in [0, 0.05) is 24.5 Å². The van der Waals surface area contributed by atoms with Gasteiger partial charge in [-0.25, -0.2) is 0 Å². The van der Waals surface area contributed by atoms with Crippen molar-refractivity contribution in [2.75, 3.05) is 35.5 Å². The average Bonchev–Trinajstić information content (AvgIpc) is 3.19. The molecule has 0 saturated heterocycles. The molecule has 176 valence electrons. The smallest absolute Gasteiger partial charge is 0.303 e. The highest BCUT2D eigenvalue weighted by molar-refractivity contribution is 6.34. The van der Waals surface area contributed by atoms with E-state index in [1.54, 1.807) is 31.4 Å². The maximum atomic E-state index is 11.9. The first kappa shape index (κ1) is 23.8. The lowest BCUT2D eigenvalue weighted by Gasteiger charge is -2.18. The van der Waals surface area contributed by atoms with Gasteiger partial charge in [0.1, 0.15) is 6.10 Å². The number of hydrogen-bond donors (Lipinski definition) is 1. The molecule has 33 heavy (non-hydrogen) atoms. The molecule has 9 heteroatoms. The van der Waals surface area contributed by atoms with Gasteiger partial charge in [0.2, 0.25) is 5.75 Å². The maximum Gasteiger partial charge on any atom is 0.303 e. The van der Waals surface area contributed by atoms with Crippen LogP contribution >= 0.6 is 0 Å². The standard InChI is InChI=1S/C24H27NO8/c1-13(26)33-19-12-16(25-27)22(15-10-20(30-4)24(32-6)21(11-15)31-5)23(19)14-7-8-17(28-2)18(9-14)29-3/h7-11,19,27H,12H2,1-6H3/b25-16+. The Morgan fingerprint density at radius 2 is 1.42 bits per heavy atom. The number of benzene rings is 2. The summed E-state index contributed by atoms with van der Waals surface area (Å²) in [7, 11) is 7.63. The van der Waals surface area contributed by atoms with Gasteiger partial charge in [-0.3, -0.25) is 4.79 Å². The lowest BCUT2D eigenvalue weighted by atomic mass is 9.94. The van der Waals surface area contributed by atoms with Crippen LogP contribution in [0.3, 0.4) is 0 Å². The molecule has 9 nitrogen and oxygen atoms in total. The molecule has 2 aromatic rings. The Hall–Kier alpha value is -3.88. The molecule has 0 radical (unpaired) electrons. The van der Waals surface area contributed by atoms with Gasteiger partial charge >= 0.3 is 5.97 Å². The first-order valence-electron chi connectivity index (χ1n) is 10.1. The van der Waals surface area contributed by atoms with Gasteiger partial charge in [0.05, 0.1) is 41.3 Å². The SMILES string of the molecule is COc1ccc(C2=C(c3cc(OC)c(OC)c(OC)c3)/C(=N/O)CC2OC(C)=O)cc1OC. The number of oxime groups is 1. The van der Waals surface area contributed by atoms with Gasteiger partial charge in [0.15, 0.2) is 23.0 Å². The summed E-state index contributed by atoms with van der Waals surface area (Å²) in [6.45, 7) is 1.33. The predicted molar refractivity (Wildman–Crippen MR) is 122 cm³/mol. The molecule has 1 aliphatic carbocycles. The lowest BCUT2D eigenvalue weighted by molar-refractivity contribution is -0.143. The summed E-state index contributed by atoms with van der Waals surface area (Å²) in [5.74, 6) is 1.88. The highest BCUT2D eigenvalue weighted by Crippen LogP contribution is 2.46. The third-order valence-corrected chi connectivity index (χ3v) is 5.34. The number of ether oxygens (including phenoxy) is 6. The van der Waals surface area contributed by atoms with E-state index < -0.39 is 12.1 Å². The van der Waals surface area contributed by atoms with Crippen molar-refractivity contribution in [3.05, 3.63) is 41.5 Å². The molecule has 2 aromatic carbocycles. The number of methoxy groups -OCH3 is 5. The Morgan fingerprint density at radius 3 is 1.91 bits per heavy atom. The van der Waals surface area contributed by atoms with E-state index >= 15 is 0 Å². The number of hydrogen-bond acceptors (Lipinski definition) is 9.